The Balaban J connectivity index is 1.72. The molecular weight excluding hydrogens is 388 g/mol. The van der Waals surface area contributed by atoms with Crippen LogP contribution < -0.4 is 14.8 Å². The first-order valence-corrected chi connectivity index (χ1v) is 11.0. The van der Waals surface area contributed by atoms with Gasteiger partial charge in [-0.15, -0.1) is 0 Å². The van der Waals surface area contributed by atoms with Crippen LogP contribution in [0.2, 0.25) is 0 Å². The Hall–Kier alpha value is -2.82. The fourth-order valence-corrected chi connectivity index (χ4v) is 4.75. The average molecular weight is 413 g/mol. The van der Waals surface area contributed by atoms with E-state index in [1.54, 1.807) is 0 Å². The van der Waals surface area contributed by atoms with E-state index >= 15 is 0 Å². The lowest BCUT2D eigenvalue weighted by molar-refractivity contribution is 0.0958. The highest BCUT2D eigenvalue weighted by Crippen LogP contribution is 2.27. The lowest BCUT2D eigenvalue weighted by atomic mass is 10.2. The van der Waals surface area contributed by atoms with Gasteiger partial charge in [-0.1, -0.05) is 42.9 Å². The average Bonchev–Trinajstić information content (AvgIpc) is 3.23. The van der Waals surface area contributed by atoms with E-state index in [2.05, 4.69) is 21.9 Å². The van der Waals surface area contributed by atoms with E-state index in [0.717, 1.165) is 31.2 Å². The number of hydrogen-bond donors (Lipinski definition) is 2. The predicted octanol–water partition coefficient (Wildman–Crippen LogP) is 2.70. The molecule has 0 bridgehead atoms. The molecular formula is C22H24N2O4S. The zero-order valence-electron chi connectivity index (χ0n) is 16.3. The number of benzene rings is 2. The minimum atomic E-state index is -3.79. The second-order valence-electron chi connectivity index (χ2n) is 6.82. The van der Waals surface area contributed by atoms with E-state index in [9.17, 15) is 13.2 Å². The van der Waals surface area contributed by atoms with Crippen LogP contribution in [-0.2, 0) is 10.0 Å². The summed E-state index contributed by atoms with van der Waals surface area (Å²) in [6.45, 7) is 0.155. The number of ether oxygens (including phenoxy) is 1. The largest absolute Gasteiger partial charge is 0.495 e. The van der Waals surface area contributed by atoms with Crippen LogP contribution in [0.25, 0.3) is 0 Å². The normalized spacial score (nSPS) is 14.1. The highest BCUT2D eigenvalue weighted by molar-refractivity contribution is 7.89. The molecule has 7 heteroatoms. The second kappa shape index (κ2) is 9.59. The first kappa shape index (κ1) is 20.9. The van der Waals surface area contributed by atoms with Crippen molar-refractivity contribution < 1.29 is 17.9 Å². The Kier molecular flexibility index (Phi) is 6.91. The SMILES string of the molecule is COc1ccc(C(=O)NCC#Cc2ccccc2)cc1S(=O)(=O)NC1CCCC1. The van der Waals surface area contributed by atoms with Gasteiger partial charge >= 0.3 is 0 Å². The van der Waals surface area contributed by atoms with Crippen molar-refractivity contribution in [3.05, 3.63) is 59.7 Å². The van der Waals surface area contributed by atoms with Crippen molar-refractivity contribution in [2.75, 3.05) is 13.7 Å². The van der Waals surface area contributed by atoms with Crippen LogP contribution in [0.1, 0.15) is 41.6 Å². The first-order chi connectivity index (χ1) is 14.0. The molecule has 1 saturated carbocycles. The van der Waals surface area contributed by atoms with Gasteiger partial charge in [-0.25, -0.2) is 13.1 Å². The Labute approximate surface area is 171 Å². The Morgan fingerprint density at radius 1 is 1.14 bits per heavy atom. The number of nitrogens with one attached hydrogen (secondary N) is 2. The van der Waals surface area contributed by atoms with E-state index in [-0.39, 0.29) is 28.8 Å². The molecule has 0 unspecified atom stereocenters. The summed E-state index contributed by atoms with van der Waals surface area (Å²) in [7, 11) is -2.38. The van der Waals surface area contributed by atoms with Gasteiger partial charge in [0.1, 0.15) is 10.6 Å². The molecule has 3 rings (SSSR count). The lowest BCUT2D eigenvalue weighted by Crippen LogP contribution is -2.33. The third-order valence-electron chi connectivity index (χ3n) is 4.74. The van der Waals surface area contributed by atoms with Gasteiger partial charge in [0.2, 0.25) is 10.0 Å². The summed E-state index contributed by atoms with van der Waals surface area (Å²) in [5, 5.41) is 2.69. The van der Waals surface area contributed by atoms with Gasteiger partial charge in [-0.05, 0) is 43.2 Å². The second-order valence-corrected chi connectivity index (χ2v) is 8.50. The van der Waals surface area contributed by atoms with Crippen LogP contribution in [0.5, 0.6) is 5.75 Å². The van der Waals surface area contributed by atoms with Gasteiger partial charge in [-0.3, -0.25) is 4.79 Å². The summed E-state index contributed by atoms with van der Waals surface area (Å²) in [5.74, 6) is 5.64. The number of amides is 1. The van der Waals surface area contributed by atoms with Gasteiger partial charge in [0.05, 0.1) is 13.7 Å². The topological polar surface area (TPSA) is 84.5 Å². The van der Waals surface area contributed by atoms with Crippen LogP contribution in [0.15, 0.2) is 53.4 Å². The molecule has 0 atom stereocenters. The number of methoxy groups -OCH3 is 1. The maximum Gasteiger partial charge on any atom is 0.252 e. The van der Waals surface area contributed by atoms with Crippen molar-refractivity contribution in [3.8, 4) is 17.6 Å². The van der Waals surface area contributed by atoms with Crippen molar-refractivity contribution in [3.63, 3.8) is 0 Å². The highest BCUT2D eigenvalue weighted by atomic mass is 32.2. The third kappa shape index (κ3) is 5.59. The quantitative estimate of drug-likeness (QED) is 0.715. The molecule has 0 spiro atoms. The number of rotatable bonds is 6. The van der Waals surface area contributed by atoms with E-state index in [0.29, 0.717) is 0 Å². The summed E-state index contributed by atoms with van der Waals surface area (Å²) < 4.78 is 33.6. The Morgan fingerprint density at radius 3 is 2.55 bits per heavy atom. The molecule has 6 nitrogen and oxygen atoms in total. The lowest BCUT2D eigenvalue weighted by Gasteiger charge is -2.15. The van der Waals surface area contributed by atoms with E-state index in [1.165, 1.54) is 25.3 Å². The summed E-state index contributed by atoms with van der Waals surface area (Å²) in [4.78, 5) is 12.4. The minimum absolute atomic E-state index is 0.0325. The monoisotopic (exact) mass is 412 g/mol. The van der Waals surface area contributed by atoms with Crippen LogP contribution in [0, 0.1) is 11.8 Å². The molecule has 0 aliphatic heterocycles. The molecule has 1 amide bonds. The molecule has 1 aliphatic rings. The van der Waals surface area contributed by atoms with E-state index in [4.69, 9.17) is 4.74 Å². The molecule has 0 heterocycles. The molecule has 2 N–H and O–H groups in total. The standard InChI is InChI=1S/C22H24N2O4S/c1-28-20-14-13-18(16-21(20)29(26,27)24-19-11-5-6-12-19)22(25)23-15-7-10-17-8-3-2-4-9-17/h2-4,8-9,13-14,16,19,24H,5-6,11-12,15H2,1H3,(H,23,25). The molecule has 0 aromatic heterocycles. The van der Waals surface area contributed by atoms with Crippen molar-refractivity contribution in [2.24, 2.45) is 0 Å². The summed E-state index contributed by atoms with van der Waals surface area (Å²) in [6, 6.07) is 13.7. The molecule has 0 radical (unpaired) electrons. The smallest absolute Gasteiger partial charge is 0.252 e. The van der Waals surface area contributed by atoms with Crippen molar-refractivity contribution in [2.45, 2.75) is 36.6 Å². The third-order valence-corrected chi connectivity index (χ3v) is 6.28. The van der Waals surface area contributed by atoms with Crippen LogP contribution in [0.4, 0.5) is 0 Å². The number of carbonyl (C=O) groups is 1. The molecule has 29 heavy (non-hydrogen) atoms. The Morgan fingerprint density at radius 2 is 1.86 bits per heavy atom. The van der Waals surface area contributed by atoms with Gasteiger partial charge in [0.15, 0.2) is 0 Å². The van der Waals surface area contributed by atoms with Gasteiger partial charge < -0.3 is 10.1 Å². The molecule has 1 fully saturated rings. The van der Waals surface area contributed by atoms with Crippen LogP contribution >= 0.6 is 0 Å². The number of carbonyl (C=O) groups excluding carboxylic acids is 1. The summed E-state index contributed by atoms with van der Waals surface area (Å²) in [5.41, 5.74) is 1.09. The maximum atomic E-state index is 12.8. The zero-order valence-corrected chi connectivity index (χ0v) is 17.1. The minimum Gasteiger partial charge on any atom is -0.495 e. The van der Waals surface area contributed by atoms with Gasteiger partial charge in [0.25, 0.3) is 5.91 Å². The van der Waals surface area contributed by atoms with Crippen LogP contribution in [0.3, 0.4) is 0 Å². The van der Waals surface area contributed by atoms with E-state index < -0.39 is 15.9 Å². The predicted molar refractivity (Wildman–Crippen MR) is 111 cm³/mol. The first-order valence-electron chi connectivity index (χ1n) is 9.52. The fourth-order valence-electron chi connectivity index (χ4n) is 3.25. The van der Waals surface area contributed by atoms with Gasteiger partial charge in [-0.2, -0.15) is 0 Å². The maximum absolute atomic E-state index is 12.8. The highest BCUT2D eigenvalue weighted by Gasteiger charge is 2.26. The molecule has 152 valence electrons. The van der Waals surface area contributed by atoms with E-state index in [1.807, 2.05) is 30.3 Å². The summed E-state index contributed by atoms with van der Waals surface area (Å²) in [6.07, 6.45) is 3.66. The van der Waals surface area contributed by atoms with Crippen LogP contribution in [-0.4, -0.2) is 34.0 Å². The molecule has 0 saturated heterocycles. The molecule has 2 aromatic carbocycles. The van der Waals surface area contributed by atoms with Crippen molar-refractivity contribution in [1.29, 1.82) is 0 Å². The van der Waals surface area contributed by atoms with Crippen molar-refractivity contribution >= 4 is 15.9 Å². The van der Waals surface area contributed by atoms with Crippen molar-refractivity contribution in [1.82, 2.24) is 10.0 Å². The fraction of sp³-hybridized carbons (Fsp3) is 0.318. The number of sulfonamides is 1. The molecule has 1 aliphatic carbocycles. The van der Waals surface area contributed by atoms with Gasteiger partial charge in [0, 0.05) is 17.2 Å². The summed E-state index contributed by atoms with van der Waals surface area (Å²) >= 11 is 0. The molecule has 2 aromatic rings. The Bertz CT molecular complexity index is 1020. The zero-order chi connectivity index (χ0) is 20.7. The number of hydrogen-bond acceptors (Lipinski definition) is 4.